The molecule has 0 aliphatic heterocycles. The van der Waals surface area contributed by atoms with Gasteiger partial charge >= 0.3 is 0 Å². The molecular formula is C12H10F2O2. The van der Waals surface area contributed by atoms with Crippen LogP contribution in [0.25, 0.3) is 0 Å². The molecule has 1 aliphatic rings. The second-order valence-electron chi connectivity index (χ2n) is 3.96. The Hall–Kier alpha value is -1.58. The first-order valence-electron chi connectivity index (χ1n) is 5.09. The number of ketones is 2. The highest BCUT2D eigenvalue weighted by Gasteiger charge is 2.31. The van der Waals surface area contributed by atoms with Crippen LogP contribution >= 0.6 is 0 Å². The quantitative estimate of drug-likeness (QED) is 0.581. The molecule has 1 aromatic rings. The van der Waals surface area contributed by atoms with Gasteiger partial charge in [-0.15, -0.1) is 0 Å². The van der Waals surface area contributed by atoms with Crippen LogP contribution in [0, 0.1) is 17.6 Å². The number of hydrogen-bond donors (Lipinski definition) is 0. The van der Waals surface area contributed by atoms with Crippen molar-refractivity contribution in [1.29, 1.82) is 0 Å². The molecule has 0 saturated heterocycles. The maximum absolute atomic E-state index is 13.2. The van der Waals surface area contributed by atoms with Crippen LogP contribution in [0.5, 0.6) is 0 Å². The third kappa shape index (κ3) is 2.32. The molecule has 0 bridgehead atoms. The summed E-state index contributed by atoms with van der Waals surface area (Å²) in [6.07, 6.45) is 1.35. The Balaban J connectivity index is 2.10. The summed E-state index contributed by atoms with van der Waals surface area (Å²) < 4.78 is 25.8. The van der Waals surface area contributed by atoms with Crippen molar-refractivity contribution in [3.63, 3.8) is 0 Å². The molecule has 1 aromatic carbocycles. The fourth-order valence-corrected chi connectivity index (χ4v) is 1.52. The van der Waals surface area contributed by atoms with E-state index in [9.17, 15) is 18.4 Å². The average molecular weight is 224 g/mol. The van der Waals surface area contributed by atoms with Gasteiger partial charge < -0.3 is 0 Å². The molecule has 16 heavy (non-hydrogen) atoms. The standard InChI is InChI=1S/C12H10F2O2/c13-8-3-4-9(10(14)5-8)12(16)6-11(15)7-1-2-7/h3-5,7H,1-2,6H2. The maximum Gasteiger partial charge on any atom is 0.173 e. The lowest BCUT2D eigenvalue weighted by atomic mass is 10.0. The van der Waals surface area contributed by atoms with E-state index in [0.717, 1.165) is 25.0 Å². The molecular weight excluding hydrogens is 214 g/mol. The number of halogens is 2. The number of benzene rings is 1. The summed E-state index contributed by atoms with van der Waals surface area (Å²) in [6.45, 7) is 0. The van der Waals surface area contributed by atoms with Crippen LogP contribution < -0.4 is 0 Å². The van der Waals surface area contributed by atoms with Gasteiger partial charge in [0, 0.05) is 12.0 Å². The lowest BCUT2D eigenvalue weighted by Gasteiger charge is -2.01. The monoisotopic (exact) mass is 224 g/mol. The van der Waals surface area contributed by atoms with Crippen molar-refractivity contribution in [2.45, 2.75) is 19.3 Å². The first kappa shape index (κ1) is 10.9. The Labute approximate surface area is 91.3 Å². The SMILES string of the molecule is O=C(CC(=O)C1CC1)c1ccc(F)cc1F. The van der Waals surface area contributed by atoms with Gasteiger partial charge in [-0.25, -0.2) is 8.78 Å². The van der Waals surface area contributed by atoms with E-state index in [-0.39, 0.29) is 23.7 Å². The summed E-state index contributed by atoms with van der Waals surface area (Å²) in [5, 5.41) is 0. The van der Waals surface area contributed by atoms with Crippen LogP contribution in [0.2, 0.25) is 0 Å². The van der Waals surface area contributed by atoms with Crippen LogP contribution in [0.15, 0.2) is 18.2 Å². The van der Waals surface area contributed by atoms with Crippen LogP contribution in [-0.4, -0.2) is 11.6 Å². The largest absolute Gasteiger partial charge is 0.299 e. The van der Waals surface area contributed by atoms with E-state index in [0.29, 0.717) is 6.07 Å². The maximum atomic E-state index is 13.2. The molecule has 0 aromatic heterocycles. The fraction of sp³-hybridized carbons (Fsp3) is 0.333. The number of rotatable bonds is 4. The third-order valence-electron chi connectivity index (χ3n) is 2.60. The predicted molar refractivity (Wildman–Crippen MR) is 53.0 cm³/mol. The van der Waals surface area contributed by atoms with Gasteiger partial charge in [-0.2, -0.15) is 0 Å². The molecule has 84 valence electrons. The number of carbonyl (C=O) groups excluding carboxylic acids is 2. The van der Waals surface area contributed by atoms with Crippen molar-refractivity contribution in [2.75, 3.05) is 0 Å². The van der Waals surface area contributed by atoms with Gasteiger partial charge in [-0.3, -0.25) is 9.59 Å². The highest BCUT2D eigenvalue weighted by molar-refractivity contribution is 6.09. The van der Waals surface area contributed by atoms with Gasteiger partial charge in [0.2, 0.25) is 0 Å². The van der Waals surface area contributed by atoms with E-state index in [1.807, 2.05) is 0 Å². The summed E-state index contributed by atoms with van der Waals surface area (Å²) in [6, 6.07) is 2.74. The molecule has 0 radical (unpaired) electrons. The second kappa shape index (κ2) is 4.12. The van der Waals surface area contributed by atoms with Gasteiger partial charge in [-0.05, 0) is 25.0 Å². The molecule has 4 heteroatoms. The predicted octanol–water partition coefficient (Wildman–Crippen LogP) is 2.52. The van der Waals surface area contributed by atoms with Crippen LogP contribution in [0.4, 0.5) is 8.78 Å². The number of carbonyl (C=O) groups is 2. The van der Waals surface area contributed by atoms with Gasteiger partial charge in [-0.1, -0.05) is 0 Å². The van der Waals surface area contributed by atoms with E-state index < -0.39 is 17.4 Å². The zero-order valence-corrected chi connectivity index (χ0v) is 8.50. The zero-order valence-electron chi connectivity index (χ0n) is 8.50. The lowest BCUT2D eigenvalue weighted by Crippen LogP contribution is -2.11. The van der Waals surface area contributed by atoms with Gasteiger partial charge in [0.1, 0.15) is 17.4 Å². The molecule has 1 fully saturated rings. The topological polar surface area (TPSA) is 34.1 Å². The molecule has 1 aliphatic carbocycles. The Morgan fingerprint density at radius 1 is 1.25 bits per heavy atom. The van der Waals surface area contributed by atoms with E-state index in [4.69, 9.17) is 0 Å². The Bertz CT molecular complexity index is 450. The summed E-state index contributed by atoms with van der Waals surface area (Å²) in [7, 11) is 0. The molecule has 0 heterocycles. The van der Waals surface area contributed by atoms with Crippen LogP contribution in [0.1, 0.15) is 29.6 Å². The first-order chi connectivity index (χ1) is 7.58. The first-order valence-corrected chi connectivity index (χ1v) is 5.09. The van der Waals surface area contributed by atoms with Crippen molar-refractivity contribution in [3.05, 3.63) is 35.4 Å². The minimum atomic E-state index is -0.909. The molecule has 0 N–H and O–H groups in total. The third-order valence-corrected chi connectivity index (χ3v) is 2.60. The van der Waals surface area contributed by atoms with E-state index in [2.05, 4.69) is 0 Å². The normalized spacial score (nSPS) is 14.9. The summed E-state index contributed by atoms with van der Waals surface area (Å²) in [5.74, 6) is -2.38. The van der Waals surface area contributed by atoms with Crippen LogP contribution in [-0.2, 0) is 4.79 Å². The number of hydrogen-bond acceptors (Lipinski definition) is 2. The average Bonchev–Trinajstić information content (AvgIpc) is 2.99. The Morgan fingerprint density at radius 3 is 2.50 bits per heavy atom. The van der Waals surface area contributed by atoms with Crippen molar-refractivity contribution < 1.29 is 18.4 Å². The minimum absolute atomic E-state index is 0.0209. The second-order valence-corrected chi connectivity index (χ2v) is 3.96. The number of Topliss-reactive ketones (excluding diaryl/α,β-unsaturated/α-hetero) is 2. The minimum Gasteiger partial charge on any atom is -0.299 e. The van der Waals surface area contributed by atoms with Crippen molar-refractivity contribution in [1.82, 2.24) is 0 Å². The smallest absolute Gasteiger partial charge is 0.173 e. The van der Waals surface area contributed by atoms with Gasteiger partial charge in [0.25, 0.3) is 0 Å². The molecule has 1 saturated carbocycles. The summed E-state index contributed by atoms with van der Waals surface area (Å²) >= 11 is 0. The molecule has 0 unspecified atom stereocenters. The molecule has 2 nitrogen and oxygen atoms in total. The van der Waals surface area contributed by atoms with Crippen molar-refractivity contribution in [2.24, 2.45) is 5.92 Å². The van der Waals surface area contributed by atoms with E-state index in [1.165, 1.54) is 0 Å². The molecule has 2 rings (SSSR count). The Morgan fingerprint density at radius 2 is 1.94 bits per heavy atom. The van der Waals surface area contributed by atoms with Gasteiger partial charge in [0.05, 0.1) is 12.0 Å². The molecule has 0 atom stereocenters. The van der Waals surface area contributed by atoms with Gasteiger partial charge in [0.15, 0.2) is 5.78 Å². The van der Waals surface area contributed by atoms with Crippen LogP contribution in [0.3, 0.4) is 0 Å². The Kier molecular flexibility index (Phi) is 2.81. The highest BCUT2D eigenvalue weighted by Crippen LogP contribution is 2.31. The molecule has 0 spiro atoms. The van der Waals surface area contributed by atoms with E-state index in [1.54, 1.807) is 0 Å². The highest BCUT2D eigenvalue weighted by atomic mass is 19.1. The van der Waals surface area contributed by atoms with E-state index >= 15 is 0 Å². The summed E-state index contributed by atoms with van der Waals surface area (Å²) in [4.78, 5) is 22.9. The fourth-order valence-electron chi connectivity index (χ4n) is 1.52. The zero-order chi connectivity index (χ0) is 11.7. The lowest BCUT2D eigenvalue weighted by molar-refractivity contribution is -0.119. The molecule has 0 amide bonds. The van der Waals surface area contributed by atoms with Crippen molar-refractivity contribution >= 4 is 11.6 Å². The van der Waals surface area contributed by atoms with Crippen molar-refractivity contribution in [3.8, 4) is 0 Å². The summed E-state index contributed by atoms with van der Waals surface area (Å²) in [5.41, 5.74) is -0.213.